The monoisotopic (exact) mass is 325 g/mol. The number of benzene rings is 1. The average molecular weight is 325 g/mol. The molecule has 7 nitrogen and oxygen atoms in total. The van der Waals surface area contributed by atoms with Gasteiger partial charge in [0.05, 0.1) is 0 Å². The first kappa shape index (κ1) is 15.9. The quantitative estimate of drug-likeness (QED) is 0.732. The van der Waals surface area contributed by atoms with Gasteiger partial charge < -0.3 is 5.32 Å². The number of aryl methyl sites for hydroxylation is 2. The summed E-state index contributed by atoms with van der Waals surface area (Å²) in [6, 6.07) is 8.58. The van der Waals surface area contributed by atoms with Gasteiger partial charge >= 0.3 is 0 Å². The lowest BCUT2D eigenvalue weighted by atomic mass is 10.2. The summed E-state index contributed by atoms with van der Waals surface area (Å²) >= 11 is 0. The minimum atomic E-state index is -0.308. The molecule has 124 valence electrons. The molecule has 1 heterocycles. The molecule has 0 unspecified atom stereocenters. The lowest BCUT2D eigenvalue weighted by Gasteiger charge is -2.09. The predicted octanol–water partition coefficient (Wildman–Crippen LogP) is 2.20. The van der Waals surface area contributed by atoms with Gasteiger partial charge in [0.15, 0.2) is 0 Å². The summed E-state index contributed by atoms with van der Waals surface area (Å²) in [5.74, 6) is 0.225. The fourth-order valence-electron chi connectivity index (χ4n) is 2.26. The van der Waals surface area contributed by atoms with Gasteiger partial charge in [-0.3, -0.25) is 20.4 Å². The van der Waals surface area contributed by atoms with Crippen molar-refractivity contribution in [3.05, 3.63) is 47.3 Å². The first-order chi connectivity index (χ1) is 11.5. The van der Waals surface area contributed by atoms with E-state index in [1.54, 1.807) is 24.3 Å². The number of hydrazine groups is 1. The SMILES string of the molecule is Cc1cc(C)nc(NNC(=O)c2ccc(NC(=O)C3CC3)cc2)n1. The fraction of sp³-hybridized carbons (Fsp3) is 0.294. The van der Waals surface area contributed by atoms with E-state index >= 15 is 0 Å². The first-order valence-corrected chi connectivity index (χ1v) is 7.81. The molecule has 0 saturated heterocycles. The van der Waals surface area contributed by atoms with E-state index in [1.807, 2.05) is 19.9 Å². The van der Waals surface area contributed by atoms with Crippen LogP contribution in [0.1, 0.15) is 34.6 Å². The second-order valence-corrected chi connectivity index (χ2v) is 5.89. The number of carbonyl (C=O) groups excluding carboxylic acids is 2. The fourth-order valence-corrected chi connectivity index (χ4v) is 2.26. The number of aromatic nitrogens is 2. The molecule has 0 atom stereocenters. The van der Waals surface area contributed by atoms with Crippen LogP contribution < -0.4 is 16.2 Å². The zero-order chi connectivity index (χ0) is 17.1. The number of carbonyl (C=O) groups is 2. The Balaban J connectivity index is 1.57. The molecule has 1 aliphatic rings. The lowest BCUT2D eigenvalue weighted by molar-refractivity contribution is -0.117. The van der Waals surface area contributed by atoms with Gasteiger partial charge in [-0.15, -0.1) is 0 Å². The maximum Gasteiger partial charge on any atom is 0.269 e. The van der Waals surface area contributed by atoms with Crippen molar-refractivity contribution in [3.63, 3.8) is 0 Å². The Labute approximate surface area is 139 Å². The van der Waals surface area contributed by atoms with Crippen molar-refractivity contribution in [2.75, 3.05) is 10.7 Å². The number of nitrogens with zero attached hydrogens (tertiary/aromatic N) is 2. The Morgan fingerprint density at radius 2 is 1.67 bits per heavy atom. The zero-order valence-electron chi connectivity index (χ0n) is 13.6. The van der Waals surface area contributed by atoms with Gasteiger partial charge in [0, 0.05) is 28.6 Å². The highest BCUT2D eigenvalue weighted by Gasteiger charge is 2.29. The molecule has 2 amide bonds. The summed E-state index contributed by atoms with van der Waals surface area (Å²) in [5, 5.41) is 2.83. The van der Waals surface area contributed by atoms with Crippen LogP contribution in [-0.4, -0.2) is 21.8 Å². The predicted molar refractivity (Wildman–Crippen MR) is 90.4 cm³/mol. The highest BCUT2D eigenvalue weighted by atomic mass is 16.2. The molecule has 0 spiro atoms. The molecule has 3 N–H and O–H groups in total. The van der Waals surface area contributed by atoms with E-state index in [2.05, 4.69) is 26.1 Å². The van der Waals surface area contributed by atoms with E-state index in [4.69, 9.17) is 0 Å². The van der Waals surface area contributed by atoms with Crippen molar-refractivity contribution in [3.8, 4) is 0 Å². The van der Waals surface area contributed by atoms with E-state index in [1.165, 1.54) is 0 Å². The molecule has 1 fully saturated rings. The second kappa shape index (κ2) is 6.66. The Hall–Kier alpha value is -2.96. The second-order valence-electron chi connectivity index (χ2n) is 5.89. The van der Waals surface area contributed by atoms with Gasteiger partial charge in [-0.25, -0.2) is 9.97 Å². The summed E-state index contributed by atoms with van der Waals surface area (Å²) in [6.45, 7) is 3.71. The van der Waals surface area contributed by atoms with E-state index in [0.717, 1.165) is 24.2 Å². The third kappa shape index (κ3) is 4.07. The van der Waals surface area contributed by atoms with Crippen LogP contribution >= 0.6 is 0 Å². The molecule has 2 aromatic rings. The summed E-state index contributed by atoms with van der Waals surface area (Å²) in [7, 11) is 0. The number of amides is 2. The smallest absolute Gasteiger partial charge is 0.269 e. The van der Waals surface area contributed by atoms with Gasteiger partial charge in [0.2, 0.25) is 11.9 Å². The molecule has 3 rings (SSSR count). The highest BCUT2D eigenvalue weighted by molar-refractivity contribution is 5.97. The Morgan fingerprint density at radius 3 is 2.25 bits per heavy atom. The third-order valence-corrected chi connectivity index (χ3v) is 3.63. The van der Waals surface area contributed by atoms with Gasteiger partial charge in [-0.2, -0.15) is 0 Å². The van der Waals surface area contributed by atoms with Crippen LogP contribution in [0.3, 0.4) is 0 Å². The summed E-state index contributed by atoms with van der Waals surface area (Å²) in [4.78, 5) is 32.2. The van der Waals surface area contributed by atoms with Crippen molar-refractivity contribution < 1.29 is 9.59 Å². The average Bonchev–Trinajstić information content (AvgIpc) is 3.37. The zero-order valence-corrected chi connectivity index (χ0v) is 13.6. The molecule has 24 heavy (non-hydrogen) atoms. The molecular weight excluding hydrogens is 306 g/mol. The molecule has 0 radical (unpaired) electrons. The summed E-state index contributed by atoms with van der Waals surface area (Å²) in [6.07, 6.45) is 1.91. The van der Waals surface area contributed by atoms with E-state index in [-0.39, 0.29) is 17.7 Å². The van der Waals surface area contributed by atoms with Gasteiger partial charge in [-0.05, 0) is 57.0 Å². The minimum absolute atomic E-state index is 0.0424. The van der Waals surface area contributed by atoms with E-state index < -0.39 is 0 Å². The molecule has 1 saturated carbocycles. The number of hydrogen-bond acceptors (Lipinski definition) is 5. The van der Waals surface area contributed by atoms with Crippen LogP contribution in [0.15, 0.2) is 30.3 Å². The van der Waals surface area contributed by atoms with Crippen LogP contribution in [0.2, 0.25) is 0 Å². The molecule has 0 aliphatic heterocycles. The largest absolute Gasteiger partial charge is 0.326 e. The van der Waals surface area contributed by atoms with Crippen LogP contribution in [-0.2, 0) is 4.79 Å². The molecular formula is C17H19N5O2. The van der Waals surface area contributed by atoms with E-state index in [9.17, 15) is 9.59 Å². The van der Waals surface area contributed by atoms with Crippen molar-refractivity contribution in [2.45, 2.75) is 26.7 Å². The van der Waals surface area contributed by atoms with Gasteiger partial charge in [-0.1, -0.05) is 0 Å². The third-order valence-electron chi connectivity index (χ3n) is 3.63. The highest BCUT2D eigenvalue weighted by Crippen LogP contribution is 2.30. The van der Waals surface area contributed by atoms with Crippen molar-refractivity contribution in [1.29, 1.82) is 0 Å². The molecule has 7 heteroatoms. The first-order valence-electron chi connectivity index (χ1n) is 7.81. The number of nitrogens with one attached hydrogen (secondary N) is 3. The van der Waals surface area contributed by atoms with Crippen LogP contribution in [0.25, 0.3) is 0 Å². The van der Waals surface area contributed by atoms with Gasteiger partial charge in [0.1, 0.15) is 0 Å². The number of anilines is 2. The minimum Gasteiger partial charge on any atom is -0.326 e. The normalized spacial score (nSPS) is 13.2. The Morgan fingerprint density at radius 1 is 1.04 bits per heavy atom. The van der Waals surface area contributed by atoms with Crippen LogP contribution in [0.5, 0.6) is 0 Å². The maximum absolute atomic E-state index is 12.1. The Bertz CT molecular complexity index is 749. The Kier molecular flexibility index (Phi) is 4.41. The van der Waals surface area contributed by atoms with Gasteiger partial charge in [0.25, 0.3) is 5.91 Å². The maximum atomic E-state index is 12.1. The summed E-state index contributed by atoms with van der Waals surface area (Å²) in [5.41, 5.74) is 8.05. The molecule has 1 aromatic carbocycles. The summed E-state index contributed by atoms with van der Waals surface area (Å²) < 4.78 is 0. The molecule has 1 aromatic heterocycles. The number of rotatable bonds is 5. The van der Waals surface area contributed by atoms with Crippen LogP contribution in [0, 0.1) is 19.8 Å². The standard InChI is InChI=1S/C17H19N5O2/c1-10-9-11(2)19-17(18-10)22-21-16(24)13-5-7-14(8-6-13)20-15(23)12-3-4-12/h5-9,12H,3-4H2,1-2H3,(H,20,23)(H,21,24)(H,18,19,22). The number of hydrogen-bond donors (Lipinski definition) is 3. The van der Waals surface area contributed by atoms with E-state index in [0.29, 0.717) is 17.2 Å². The lowest BCUT2D eigenvalue weighted by Crippen LogP contribution is -2.30. The van der Waals surface area contributed by atoms with Crippen LogP contribution in [0.4, 0.5) is 11.6 Å². The topological polar surface area (TPSA) is 96.0 Å². The molecule has 1 aliphatic carbocycles. The van der Waals surface area contributed by atoms with Crippen molar-refractivity contribution in [1.82, 2.24) is 15.4 Å². The van der Waals surface area contributed by atoms with Crippen molar-refractivity contribution in [2.24, 2.45) is 5.92 Å². The van der Waals surface area contributed by atoms with Crippen molar-refractivity contribution >= 4 is 23.5 Å². The molecule has 0 bridgehead atoms.